The van der Waals surface area contributed by atoms with Gasteiger partial charge in [0.15, 0.2) is 0 Å². The van der Waals surface area contributed by atoms with E-state index in [2.05, 4.69) is 10.2 Å². The van der Waals surface area contributed by atoms with Crippen LogP contribution in [-0.2, 0) is 7.05 Å². The Morgan fingerprint density at radius 3 is 3.06 bits per heavy atom. The highest BCUT2D eigenvalue weighted by Gasteiger charge is 2.29. The zero-order valence-corrected chi connectivity index (χ0v) is 10.3. The Morgan fingerprint density at radius 1 is 1.50 bits per heavy atom. The Hall–Kier alpha value is -2.04. The fraction of sp³-hybridized carbons (Fsp3) is 0.385. The number of aromatic amines is 1. The third-order valence-electron chi connectivity index (χ3n) is 3.60. The summed E-state index contributed by atoms with van der Waals surface area (Å²) < 4.78 is 1.87. The zero-order chi connectivity index (χ0) is 12.5. The van der Waals surface area contributed by atoms with Crippen molar-refractivity contribution in [2.24, 2.45) is 7.05 Å². The van der Waals surface area contributed by atoms with E-state index in [1.54, 1.807) is 6.20 Å². The van der Waals surface area contributed by atoms with Gasteiger partial charge in [-0.1, -0.05) is 0 Å². The maximum atomic E-state index is 12.3. The summed E-state index contributed by atoms with van der Waals surface area (Å²) in [5, 5.41) is 6.96. The highest BCUT2D eigenvalue weighted by molar-refractivity contribution is 5.93. The van der Waals surface area contributed by atoms with E-state index in [0.29, 0.717) is 5.92 Å². The number of likely N-dealkylation sites (tertiary alicyclic amines) is 1. The standard InChI is InChI=1S/C13H16N4O/c1-16-7-2-3-12(16)13(18)17-8-5-10(9-17)11-4-6-14-15-11/h2-4,6-7,10H,5,8-9H2,1H3,(H,14,15). The number of hydrogen-bond acceptors (Lipinski definition) is 2. The highest BCUT2D eigenvalue weighted by Crippen LogP contribution is 2.26. The lowest BCUT2D eigenvalue weighted by atomic mass is 10.1. The number of aryl methyl sites for hydroxylation is 1. The molecule has 0 saturated carbocycles. The molecule has 94 valence electrons. The van der Waals surface area contributed by atoms with E-state index in [1.807, 2.05) is 40.9 Å². The molecule has 2 aromatic rings. The number of H-pyrrole nitrogens is 1. The van der Waals surface area contributed by atoms with Gasteiger partial charge in [0.25, 0.3) is 5.91 Å². The zero-order valence-electron chi connectivity index (χ0n) is 10.3. The molecule has 0 aromatic carbocycles. The van der Waals surface area contributed by atoms with Crippen molar-refractivity contribution in [2.75, 3.05) is 13.1 Å². The summed E-state index contributed by atoms with van der Waals surface area (Å²) in [6, 6.07) is 5.75. The lowest BCUT2D eigenvalue weighted by Crippen LogP contribution is -2.29. The minimum absolute atomic E-state index is 0.115. The average Bonchev–Trinajstić information content (AvgIpc) is 3.09. The third kappa shape index (κ3) is 1.81. The van der Waals surface area contributed by atoms with Gasteiger partial charge in [0.05, 0.1) is 0 Å². The molecular weight excluding hydrogens is 228 g/mol. The van der Waals surface area contributed by atoms with Crippen molar-refractivity contribution >= 4 is 5.91 Å². The maximum Gasteiger partial charge on any atom is 0.270 e. The summed E-state index contributed by atoms with van der Waals surface area (Å²) in [5.74, 6) is 0.501. The van der Waals surface area contributed by atoms with E-state index in [9.17, 15) is 4.79 Å². The second kappa shape index (κ2) is 4.33. The Kier molecular flexibility index (Phi) is 2.66. The first-order valence-electron chi connectivity index (χ1n) is 6.15. The van der Waals surface area contributed by atoms with Crippen LogP contribution in [0.25, 0.3) is 0 Å². The quantitative estimate of drug-likeness (QED) is 0.867. The monoisotopic (exact) mass is 244 g/mol. The van der Waals surface area contributed by atoms with E-state index in [-0.39, 0.29) is 5.91 Å². The van der Waals surface area contributed by atoms with Gasteiger partial charge in [-0.05, 0) is 24.6 Å². The molecule has 3 rings (SSSR count). The van der Waals surface area contributed by atoms with Crippen LogP contribution in [0.2, 0.25) is 0 Å². The van der Waals surface area contributed by atoms with Gasteiger partial charge in [0.1, 0.15) is 5.69 Å². The number of amides is 1. The SMILES string of the molecule is Cn1cccc1C(=O)N1CCC(c2ccn[nH]2)C1. The lowest BCUT2D eigenvalue weighted by Gasteiger charge is -2.16. The number of nitrogens with one attached hydrogen (secondary N) is 1. The molecule has 1 aliphatic heterocycles. The van der Waals surface area contributed by atoms with Gasteiger partial charge < -0.3 is 9.47 Å². The van der Waals surface area contributed by atoms with Crippen molar-refractivity contribution < 1.29 is 4.79 Å². The summed E-state index contributed by atoms with van der Waals surface area (Å²) in [5.41, 5.74) is 1.87. The van der Waals surface area contributed by atoms with Gasteiger partial charge in [0.2, 0.25) is 0 Å². The first-order chi connectivity index (χ1) is 8.75. The van der Waals surface area contributed by atoms with Crippen LogP contribution in [0, 0.1) is 0 Å². The van der Waals surface area contributed by atoms with Crippen molar-refractivity contribution in [3.05, 3.63) is 42.0 Å². The molecule has 5 nitrogen and oxygen atoms in total. The van der Waals surface area contributed by atoms with Crippen LogP contribution in [0.15, 0.2) is 30.6 Å². The molecule has 18 heavy (non-hydrogen) atoms. The molecule has 1 unspecified atom stereocenters. The fourth-order valence-corrected chi connectivity index (χ4v) is 2.54. The van der Waals surface area contributed by atoms with E-state index in [0.717, 1.165) is 30.9 Å². The Labute approximate surface area is 105 Å². The Balaban J connectivity index is 1.73. The van der Waals surface area contributed by atoms with Gasteiger partial charge in [0, 0.05) is 44.1 Å². The number of hydrogen-bond donors (Lipinski definition) is 1. The largest absolute Gasteiger partial charge is 0.347 e. The minimum atomic E-state index is 0.115. The number of nitrogens with zero attached hydrogens (tertiary/aromatic N) is 3. The number of carbonyl (C=O) groups excluding carboxylic acids is 1. The predicted octanol–water partition coefficient (Wildman–Crippen LogP) is 1.38. The lowest BCUT2D eigenvalue weighted by molar-refractivity contribution is 0.0781. The van der Waals surface area contributed by atoms with Crippen LogP contribution in [0.3, 0.4) is 0 Å². The number of rotatable bonds is 2. The van der Waals surface area contributed by atoms with Crippen molar-refractivity contribution in [2.45, 2.75) is 12.3 Å². The molecule has 1 atom stereocenters. The summed E-state index contributed by atoms with van der Waals surface area (Å²) >= 11 is 0. The topological polar surface area (TPSA) is 53.9 Å². The van der Waals surface area contributed by atoms with Gasteiger partial charge in [-0.3, -0.25) is 9.89 Å². The molecule has 0 bridgehead atoms. The summed E-state index contributed by atoms with van der Waals surface area (Å²) in [4.78, 5) is 14.2. The first-order valence-corrected chi connectivity index (χ1v) is 6.15. The van der Waals surface area contributed by atoms with Gasteiger partial charge in [-0.15, -0.1) is 0 Å². The van der Waals surface area contributed by atoms with Crippen LogP contribution >= 0.6 is 0 Å². The van der Waals surface area contributed by atoms with Crippen LogP contribution < -0.4 is 0 Å². The molecule has 1 saturated heterocycles. The van der Waals surface area contributed by atoms with E-state index < -0.39 is 0 Å². The molecule has 2 aromatic heterocycles. The number of carbonyl (C=O) groups is 1. The molecule has 1 fully saturated rings. The Bertz CT molecular complexity index is 543. The molecule has 5 heteroatoms. The van der Waals surface area contributed by atoms with Gasteiger partial charge in [-0.2, -0.15) is 5.10 Å². The molecule has 1 N–H and O–H groups in total. The van der Waals surface area contributed by atoms with Crippen molar-refractivity contribution in [3.8, 4) is 0 Å². The first kappa shape index (κ1) is 11.1. The fourth-order valence-electron chi connectivity index (χ4n) is 2.54. The van der Waals surface area contributed by atoms with E-state index in [4.69, 9.17) is 0 Å². The van der Waals surface area contributed by atoms with Gasteiger partial charge >= 0.3 is 0 Å². The molecule has 3 heterocycles. The normalized spacial score (nSPS) is 19.4. The number of aromatic nitrogens is 3. The van der Waals surface area contributed by atoms with Crippen LogP contribution in [0.1, 0.15) is 28.5 Å². The maximum absolute atomic E-state index is 12.3. The molecule has 1 aliphatic rings. The summed E-state index contributed by atoms with van der Waals surface area (Å²) in [6.45, 7) is 1.58. The van der Waals surface area contributed by atoms with Crippen molar-refractivity contribution in [1.82, 2.24) is 19.7 Å². The van der Waals surface area contributed by atoms with Gasteiger partial charge in [-0.25, -0.2) is 0 Å². The smallest absolute Gasteiger partial charge is 0.270 e. The third-order valence-corrected chi connectivity index (χ3v) is 3.60. The minimum Gasteiger partial charge on any atom is -0.347 e. The van der Waals surface area contributed by atoms with E-state index in [1.165, 1.54) is 0 Å². The summed E-state index contributed by atoms with van der Waals surface area (Å²) in [7, 11) is 1.90. The molecule has 1 amide bonds. The van der Waals surface area contributed by atoms with Crippen LogP contribution in [0.5, 0.6) is 0 Å². The predicted molar refractivity (Wildman–Crippen MR) is 67.3 cm³/mol. The summed E-state index contributed by atoms with van der Waals surface area (Å²) in [6.07, 6.45) is 4.66. The molecular formula is C13H16N4O. The van der Waals surface area contributed by atoms with E-state index >= 15 is 0 Å². The Morgan fingerprint density at radius 2 is 2.39 bits per heavy atom. The average molecular weight is 244 g/mol. The highest BCUT2D eigenvalue weighted by atomic mass is 16.2. The van der Waals surface area contributed by atoms with Crippen LogP contribution in [0.4, 0.5) is 0 Å². The molecule has 0 radical (unpaired) electrons. The molecule has 0 aliphatic carbocycles. The second-order valence-corrected chi connectivity index (χ2v) is 4.75. The molecule has 0 spiro atoms. The van der Waals surface area contributed by atoms with Crippen LogP contribution in [-0.4, -0.2) is 38.7 Å². The second-order valence-electron chi connectivity index (χ2n) is 4.75. The van der Waals surface area contributed by atoms with Crippen molar-refractivity contribution in [1.29, 1.82) is 0 Å². The van der Waals surface area contributed by atoms with Crippen molar-refractivity contribution in [3.63, 3.8) is 0 Å².